The zero-order valence-corrected chi connectivity index (χ0v) is 8.24. The third kappa shape index (κ3) is 3.01. The van der Waals surface area contributed by atoms with Crippen LogP contribution < -0.4 is 5.73 Å². The van der Waals surface area contributed by atoms with Crippen molar-refractivity contribution in [1.82, 2.24) is 4.98 Å². The molecule has 0 saturated carbocycles. The summed E-state index contributed by atoms with van der Waals surface area (Å²) in [5.74, 6) is 1.89. The van der Waals surface area contributed by atoms with Crippen molar-refractivity contribution in [2.75, 3.05) is 12.3 Å². The minimum Gasteiger partial charge on any atom is -0.330 e. The summed E-state index contributed by atoms with van der Waals surface area (Å²) >= 11 is 7.68. The van der Waals surface area contributed by atoms with Gasteiger partial charge in [0, 0.05) is 30.4 Å². The lowest BCUT2D eigenvalue weighted by Crippen LogP contribution is -2.01. The highest BCUT2D eigenvalue weighted by Crippen LogP contribution is 2.18. The predicted molar refractivity (Wildman–Crippen MR) is 54.5 cm³/mol. The smallest absolute Gasteiger partial charge is 0.0629 e. The number of nitrogens with two attached hydrogens (primary N) is 1. The number of nitrogens with zero attached hydrogens (tertiary/aromatic N) is 1. The fourth-order valence-electron chi connectivity index (χ4n) is 0.787. The highest BCUT2D eigenvalue weighted by atomic mass is 35.5. The Kier molecular flexibility index (Phi) is 4.43. The van der Waals surface area contributed by atoms with Gasteiger partial charge < -0.3 is 5.73 Å². The fourth-order valence-corrected chi connectivity index (χ4v) is 1.83. The van der Waals surface area contributed by atoms with E-state index in [9.17, 15) is 0 Å². The second kappa shape index (κ2) is 5.41. The van der Waals surface area contributed by atoms with E-state index in [0.29, 0.717) is 6.54 Å². The van der Waals surface area contributed by atoms with Crippen LogP contribution in [0.1, 0.15) is 5.56 Å². The normalized spacial score (nSPS) is 10.2. The summed E-state index contributed by atoms with van der Waals surface area (Å²) in [7, 11) is 0. The van der Waals surface area contributed by atoms with E-state index in [1.165, 1.54) is 0 Å². The van der Waals surface area contributed by atoms with Gasteiger partial charge in [0.05, 0.1) is 5.02 Å². The molecule has 1 rings (SSSR count). The van der Waals surface area contributed by atoms with Crippen LogP contribution in [0.3, 0.4) is 0 Å². The molecular weight excluding hydrogens is 192 g/mol. The third-order valence-electron chi connectivity index (χ3n) is 1.38. The standard InChI is InChI=1S/C8H11ClN2S/c9-8-5-11-3-1-7(8)6-12-4-2-10/h1,3,5H,2,4,6,10H2. The van der Waals surface area contributed by atoms with E-state index in [4.69, 9.17) is 17.3 Å². The van der Waals surface area contributed by atoms with Crippen molar-refractivity contribution in [1.29, 1.82) is 0 Å². The largest absolute Gasteiger partial charge is 0.330 e. The molecule has 0 aliphatic heterocycles. The quantitative estimate of drug-likeness (QED) is 0.759. The van der Waals surface area contributed by atoms with Crippen LogP contribution in [0.5, 0.6) is 0 Å². The molecule has 0 aliphatic carbocycles. The summed E-state index contributed by atoms with van der Waals surface area (Å²) in [6.45, 7) is 0.716. The van der Waals surface area contributed by atoms with Gasteiger partial charge in [-0.15, -0.1) is 0 Å². The number of rotatable bonds is 4. The number of hydrogen-bond donors (Lipinski definition) is 1. The number of pyridine rings is 1. The van der Waals surface area contributed by atoms with Crippen LogP contribution in [0.4, 0.5) is 0 Å². The number of halogens is 1. The molecule has 0 saturated heterocycles. The first kappa shape index (κ1) is 9.84. The summed E-state index contributed by atoms with van der Waals surface area (Å²) in [5, 5.41) is 0.738. The molecular formula is C8H11ClN2S. The van der Waals surface area contributed by atoms with Gasteiger partial charge in [0.15, 0.2) is 0 Å². The van der Waals surface area contributed by atoms with E-state index in [1.54, 1.807) is 24.2 Å². The molecule has 0 aliphatic rings. The van der Waals surface area contributed by atoms with Crippen LogP contribution in [0, 0.1) is 0 Å². The lowest BCUT2D eigenvalue weighted by atomic mass is 10.3. The van der Waals surface area contributed by atoms with Crippen LogP contribution in [0.2, 0.25) is 5.02 Å². The molecule has 66 valence electrons. The van der Waals surface area contributed by atoms with Crippen molar-refractivity contribution < 1.29 is 0 Å². The molecule has 0 unspecified atom stereocenters. The van der Waals surface area contributed by atoms with Gasteiger partial charge in [-0.1, -0.05) is 11.6 Å². The van der Waals surface area contributed by atoms with Gasteiger partial charge in [0.2, 0.25) is 0 Å². The Labute approximate surface area is 81.5 Å². The summed E-state index contributed by atoms with van der Waals surface area (Å²) in [4.78, 5) is 3.91. The van der Waals surface area contributed by atoms with E-state index in [0.717, 1.165) is 22.1 Å². The molecule has 1 aromatic rings. The molecule has 0 aromatic carbocycles. The van der Waals surface area contributed by atoms with Gasteiger partial charge in [-0.3, -0.25) is 4.98 Å². The van der Waals surface area contributed by atoms with E-state index in [-0.39, 0.29) is 0 Å². The minimum absolute atomic E-state index is 0.716. The van der Waals surface area contributed by atoms with Gasteiger partial charge in [0.1, 0.15) is 0 Å². The van der Waals surface area contributed by atoms with Crippen LogP contribution in [-0.2, 0) is 5.75 Å². The Hall–Kier alpha value is -0.250. The maximum absolute atomic E-state index is 5.90. The topological polar surface area (TPSA) is 38.9 Å². The average Bonchev–Trinajstić information content (AvgIpc) is 2.09. The Morgan fingerprint density at radius 2 is 2.42 bits per heavy atom. The zero-order valence-electron chi connectivity index (χ0n) is 6.66. The average molecular weight is 203 g/mol. The molecule has 4 heteroatoms. The summed E-state index contributed by atoms with van der Waals surface area (Å²) in [6, 6.07) is 1.94. The first-order valence-corrected chi connectivity index (χ1v) is 5.24. The SMILES string of the molecule is NCCSCc1ccncc1Cl. The predicted octanol–water partition coefficient (Wildman–Crippen LogP) is 1.93. The Morgan fingerprint density at radius 1 is 1.58 bits per heavy atom. The second-order valence-corrected chi connectivity index (χ2v) is 3.82. The van der Waals surface area contributed by atoms with E-state index in [1.807, 2.05) is 6.07 Å². The number of thioether (sulfide) groups is 1. The molecule has 0 atom stereocenters. The Morgan fingerprint density at radius 3 is 3.08 bits per heavy atom. The maximum atomic E-state index is 5.90. The first-order valence-electron chi connectivity index (χ1n) is 3.71. The van der Waals surface area contributed by atoms with Crippen LogP contribution in [-0.4, -0.2) is 17.3 Å². The van der Waals surface area contributed by atoms with Gasteiger partial charge in [0.25, 0.3) is 0 Å². The molecule has 2 nitrogen and oxygen atoms in total. The monoisotopic (exact) mass is 202 g/mol. The van der Waals surface area contributed by atoms with E-state index < -0.39 is 0 Å². The van der Waals surface area contributed by atoms with Crippen molar-refractivity contribution in [3.05, 3.63) is 29.0 Å². The van der Waals surface area contributed by atoms with Crippen molar-refractivity contribution in [3.8, 4) is 0 Å². The molecule has 0 fully saturated rings. The lowest BCUT2D eigenvalue weighted by molar-refractivity contribution is 1.15. The Bertz CT molecular complexity index is 242. The highest BCUT2D eigenvalue weighted by Gasteiger charge is 1.98. The van der Waals surface area contributed by atoms with Crippen molar-refractivity contribution in [3.63, 3.8) is 0 Å². The maximum Gasteiger partial charge on any atom is 0.0629 e. The first-order chi connectivity index (χ1) is 5.84. The summed E-state index contributed by atoms with van der Waals surface area (Å²) < 4.78 is 0. The van der Waals surface area contributed by atoms with Crippen molar-refractivity contribution >= 4 is 23.4 Å². The second-order valence-electron chi connectivity index (χ2n) is 2.31. The van der Waals surface area contributed by atoms with E-state index >= 15 is 0 Å². The van der Waals surface area contributed by atoms with E-state index in [2.05, 4.69) is 4.98 Å². The minimum atomic E-state index is 0.716. The third-order valence-corrected chi connectivity index (χ3v) is 2.76. The summed E-state index contributed by atoms with van der Waals surface area (Å²) in [6.07, 6.45) is 3.42. The van der Waals surface area contributed by atoms with Crippen molar-refractivity contribution in [2.45, 2.75) is 5.75 Å². The zero-order chi connectivity index (χ0) is 8.81. The molecule has 0 radical (unpaired) electrons. The summed E-state index contributed by atoms with van der Waals surface area (Å²) in [5.41, 5.74) is 6.49. The molecule has 0 spiro atoms. The van der Waals surface area contributed by atoms with Gasteiger partial charge in [-0.2, -0.15) is 11.8 Å². The highest BCUT2D eigenvalue weighted by molar-refractivity contribution is 7.98. The fraction of sp³-hybridized carbons (Fsp3) is 0.375. The molecule has 1 aromatic heterocycles. The number of aromatic nitrogens is 1. The molecule has 2 N–H and O–H groups in total. The van der Waals surface area contributed by atoms with Crippen LogP contribution in [0.15, 0.2) is 18.5 Å². The molecule has 0 amide bonds. The van der Waals surface area contributed by atoms with Gasteiger partial charge >= 0.3 is 0 Å². The lowest BCUT2D eigenvalue weighted by Gasteiger charge is -2.01. The molecule has 0 bridgehead atoms. The van der Waals surface area contributed by atoms with Gasteiger partial charge in [-0.05, 0) is 11.6 Å². The molecule has 12 heavy (non-hydrogen) atoms. The number of hydrogen-bond acceptors (Lipinski definition) is 3. The van der Waals surface area contributed by atoms with Crippen molar-refractivity contribution in [2.24, 2.45) is 5.73 Å². The molecule has 1 heterocycles. The van der Waals surface area contributed by atoms with Gasteiger partial charge in [-0.25, -0.2) is 0 Å². The Balaban J connectivity index is 2.46. The van der Waals surface area contributed by atoms with Crippen LogP contribution in [0.25, 0.3) is 0 Å². The van der Waals surface area contributed by atoms with Crippen LogP contribution >= 0.6 is 23.4 Å².